The van der Waals surface area contributed by atoms with Gasteiger partial charge in [-0.2, -0.15) is 0 Å². The second-order valence-corrected chi connectivity index (χ2v) is 1.05. The van der Waals surface area contributed by atoms with Crippen molar-refractivity contribution in [2.45, 2.75) is 13.8 Å². The van der Waals surface area contributed by atoms with Crippen molar-refractivity contribution in [2.24, 2.45) is 5.16 Å². The molecule has 0 spiro atoms. The van der Waals surface area contributed by atoms with Crippen LogP contribution in [0.4, 0.5) is 0 Å². The van der Waals surface area contributed by atoms with Crippen LogP contribution < -0.4 is 0 Å². The van der Waals surface area contributed by atoms with E-state index in [1.165, 1.54) is 0 Å². The minimum atomic E-state index is 0. The molecule has 0 aromatic carbocycles. The standard InChI is InChI=1S/C3H7NO.Na/c1-3(2)4-5;/h5H,1-2H3;. The molecule has 1 N–H and O–H groups in total. The van der Waals surface area contributed by atoms with Crippen LogP contribution in [0.15, 0.2) is 5.16 Å². The van der Waals surface area contributed by atoms with E-state index in [4.69, 9.17) is 5.21 Å². The second-order valence-electron chi connectivity index (χ2n) is 1.05. The Morgan fingerprint density at radius 2 is 1.67 bits per heavy atom. The average molecular weight is 96.1 g/mol. The van der Waals surface area contributed by atoms with Crippen molar-refractivity contribution in [1.29, 1.82) is 0 Å². The van der Waals surface area contributed by atoms with Crippen LogP contribution >= 0.6 is 0 Å². The Bertz CT molecular complexity index is 48.8. The molecule has 0 aliphatic heterocycles. The van der Waals surface area contributed by atoms with Gasteiger partial charge in [0, 0.05) is 29.6 Å². The molecule has 2 nitrogen and oxygen atoms in total. The Labute approximate surface area is 59.5 Å². The van der Waals surface area contributed by atoms with E-state index < -0.39 is 0 Å². The summed E-state index contributed by atoms with van der Waals surface area (Å²) >= 11 is 0. The van der Waals surface area contributed by atoms with Gasteiger partial charge < -0.3 is 5.21 Å². The first kappa shape index (κ1) is 9.69. The maximum atomic E-state index is 7.73. The van der Waals surface area contributed by atoms with E-state index in [-0.39, 0.29) is 29.6 Å². The largest absolute Gasteiger partial charge is 0.411 e. The molecule has 0 rings (SSSR count). The first-order valence-corrected chi connectivity index (χ1v) is 1.42. The van der Waals surface area contributed by atoms with E-state index in [1.54, 1.807) is 13.8 Å². The molecular formula is C3H7NNaO. The second kappa shape index (κ2) is 5.47. The third-order valence-corrected chi connectivity index (χ3v) is 0.200. The fraction of sp³-hybridized carbons (Fsp3) is 0.667. The molecule has 0 atom stereocenters. The summed E-state index contributed by atoms with van der Waals surface area (Å²) in [4.78, 5) is 0. The number of rotatable bonds is 0. The number of oxime groups is 1. The van der Waals surface area contributed by atoms with E-state index in [0.29, 0.717) is 5.71 Å². The van der Waals surface area contributed by atoms with Crippen LogP contribution in [-0.2, 0) is 0 Å². The number of hydrogen-bond acceptors (Lipinski definition) is 2. The summed E-state index contributed by atoms with van der Waals surface area (Å²) in [5.74, 6) is 0. The van der Waals surface area contributed by atoms with Crippen molar-refractivity contribution in [1.82, 2.24) is 0 Å². The van der Waals surface area contributed by atoms with Crippen LogP contribution in [0.2, 0.25) is 0 Å². The van der Waals surface area contributed by atoms with Crippen molar-refractivity contribution in [3.05, 3.63) is 0 Å². The smallest absolute Gasteiger partial charge is 0.0509 e. The third kappa shape index (κ3) is 8.82. The molecule has 0 aliphatic carbocycles. The number of hydrogen-bond donors (Lipinski definition) is 1. The molecule has 0 aliphatic rings. The fourth-order valence-electron chi connectivity index (χ4n) is 0. The summed E-state index contributed by atoms with van der Waals surface area (Å²) in [5.41, 5.74) is 0.685. The van der Waals surface area contributed by atoms with Gasteiger partial charge in [0.05, 0.1) is 5.71 Å². The maximum absolute atomic E-state index is 7.73. The third-order valence-electron chi connectivity index (χ3n) is 0.200. The Morgan fingerprint density at radius 1 is 1.50 bits per heavy atom. The molecule has 0 aromatic rings. The minimum absolute atomic E-state index is 0. The molecule has 31 valence electrons. The predicted molar refractivity (Wildman–Crippen MR) is 26.3 cm³/mol. The fourth-order valence-corrected chi connectivity index (χ4v) is 0. The molecule has 0 fully saturated rings. The molecule has 0 bridgehead atoms. The van der Waals surface area contributed by atoms with Gasteiger partial charge in [0.15, 0.2) is 0 Å². The average Bonchev–Trinajstić information content (AvgIpc) is 1.38. The first-order valence-electron chi connectivity index (χ1n) is 1.42. The van der Waals surface area contributed by atoms with Crippen LogP contribution in [0.25, 0.3) is 0 Å². The van der Waals surface area contributed by atoms with Gasteiger partial charge in [-0.05, 0) is 13.8 Å². The van der Waals surface area contributed by atoms with Crippen LogP contribution in [0.3, 0.4) is 0 Å². The minimum Gasteiger partial charge on any atom is -0.411 e. The summed E-state index contributed by atoms with van der Waals surface area (Å²) in [6, 6.07) is 0. The SMILES string of the molecule is CC(C)=NO.[Na]. The monoisotopic (exact) mass is 96.0 g/mol. The van der Waals surface area contributed by atoms with E-state index in [9.17, 15) is 0 Å². The summed E-state index contributed by atoms with van der Waals surface area (Å²) in [7, 11) is 0. The van der Waals surface area contributed by atoms with Crippen molar-refractivity contribution in [3.63, 3.8) is 0 Å². The van der Waals surface area contributed by atoms with Gasteiger partial charge in [-0.1, -0.05) is 5.16 Å². The molecule has 3 heteroatoms. The molecule has 0 amide bonds. The molecule has 0 saturated heterocycles. The summed E-state index contributed by atoms with van der Waals surface area (Å²) in [6.45, 7) is 3.44. The predicted octanol–water partition coefficient (Wildman–Crippen LogP) is 0.476. The molecule has 0 aromatic heterocycles. The van der Waals surface area contributed by atoms with Gasteiger partial charge >= 0.3 is 0 Å². The zero-order chi connectivity index (χ0) is 4.28. The van der Waals surface area contributed by atoms with Crippen LogP contribution in [-0.4, -0.2) is 40.5 Å². The van der Waals surface area contributed by atoms with Crippen molar-refractivity contribution in [3.8, 4) is 0 Å². The topological polar surface area (TPSA) is 32.6 Å². The van der Waals surface area contributed by atoms with Gasteiger partial charge in [-0.3, -0.25) is 0 Å². The quantitative estimate of drug-likeness (QED) is 0.202. The molecule has 0 unspecified atom stereocenters. The molecule has 1 radical (unpaired) electrons. The van der Waals surface area contributed by atoms with E-state index in [1.807, 2.05) is 0 Å². The summed E-state index contributed by atoms with van der Waals surface area (Å²) < 4.78 is 0. The van der Waals surface area contributed by atoms with E-state index in [2.05, 4.69) is 5.16 Å². The molecule has 0 heterocycles. The number of nitrogens with zero attached hydrogens (tertiary/aromatic N) is 1. The zero-order valence-electron chi connectivity index (χ0n) is 4.39. The van der Waals surface area contributed by atoms with Gasteiger partial charge in [-0.15, -0.1) is 0 Å². The maximum Gasteiger partial charge on any atom is 0.0509 e. The Balaban J connectivity index is 0. The van der Waals surface area contributed by atoms with Crippen molar-refractivity contribution in [2.75, 3.05) is 0 Å². The van der Waals surface area contributed by atoms with Crippen molar-refractivity contribution >= 4 is 35.3 Å². The Morgan fingerprint density at radius 3 is 1.67 bits per heavy atom. The van der Waals surface area contributed by atoms with Gasteiger partial charge in [0.2, 0.25) is 0 Å². The van der Waals surface area contributed by atoms with E-state index in [0.717, 1.165) is 0 Å². The molecule has 6 heavy (non-hydrogen) atoms. The van der Waals surface area contributed by atoms with Gasteiger partial charge in [0.25, 0.3) is 0 Å². The zero-order valence-corrected chi connectivity index (χ0v) is 6.39. The summed E-state index contributed by atoms with van der Waals surface area (Å²) in [6.07, 6.45) is 0. The molecule has 0 saturated carbocycles. The van der Waals surface area contributed by atoms with Crippen molar-refractivity contribution < 1.29 is 5.21 Å². The summed E-state index contributed by atoms with van der Waals surface area (Å²) in [5, 5.41) is 10.5. The van der Waals surface area contributed by atoms with Gasteiger partial charge in [-0.25, -0.2) is 0 Å². The van der Waals surface area contributed by atoms with Gasteiger partial charge in [0.1, 0.15) is 0 Å². The Hall–Kier alpha value is 0.470. The normalized spacial score (nSPS) is 5.67. The first-order chi connectivity index (χ1) is 2.27. The van der Waals surface area contributed by atoms with Crippen LogP contribution in [0.5, 0.6) is 0 Å². The van der Waals surface area contributed by atoms with E-state index >= 15 is 0 Å². The van der Waals surface area contributed by atoms with Crippen LogP contribution in [0, 0.1) is 0 Å². The Kier molecular flexibility index (Phi) is 8.83. The molecular weight excluding hydrogens is 89.0 g/mol. The van der Waals surface area contributed by atoms with Crippen LogP contribution in [0.1, 0.15) is 13.8 Å².